The van der Waals surface area contributed by atoms with Gasteiger partial charge in [0.25, 0.3) is 0 Å². The smallest absolute Gasteiger partial charge is 0.165 e. The third kappa shape index (κ3) is 2.12. The van der Waals surface area contributed by atoms with Crippen molar-refractivity contribution in [2.75, 3.05) is 18.8 Å². The van der Waals surface area contributed by atoms with Crippen molar-refractivity contribution in [2.24, 2.45) is 0 Å². The maximum Gasteiger partial charge on any atom is 0.165 e. The fourth-order valence-corrected chi connectivity index (χ4v) is 3.57. The van der Waals surface area contributed by atoms with Crippen molar-refractivity contribution in [1.82, 2.24) is 19.9 Å². The molecule has 0 aromatic carbocycles. The van der Waals surface area contributed by atoms with Gasteiger partial charge < -0.3 is 15.5 Å². The molecule has 1 saturated heterocycles. The molecule has 0 amide bonds. The number of hydrogen-bond acceptors (Lipinski definition) is 5. The van der Waals surface area contributed by atoms with Gasteiger partial charge in [-0.2, -0.15) is 9.61 Å². The molecule has 0 saturated carbocycles. The van der Waals surface area contributed by atoms with Crippen LogP contribution in [0.2, 0.25) is 0 Å². The lowest BCUT2D eigenvalue weighted by Crippen LogP contribution is -2.29. The van der Waals surface area contributed by atoms with Gasteiger partial charge >= 0.3 is 0 Å². The zero-order valence-corrected chi connectivity index (χ0v) is 13.5. The van der Waals surface area contributed by atoms with E-state index in [1.54, 1.807) is 23.2 Å². The van der Waals surface area contributed by atoms with E-state index in [0.29, 0.717) is 11.7 Å². The third-order valence-electron chi connectivity index (χ3n) is 4.16. The monoisotopic (exact) mass is 361 g/mol. The van der Waals surface area contributed by atoms with Crippen LogP contribution in [0.25, 0.3) is 16.8 Å². The van der Waals surface area contributed by atoms with Crippen LogP contribution in [0.3, 0.4) is 0 Å². The summed E-state index contributed by atoms with van der Waals surface area (Å²) in [7, 11) is 0. The van der Waals surface area contributed by atoms with Crippen LogP contribution in [-0.2, 0) is 0 Å². The molecule has 7 heteroatoms. The first-order valence-electron chi connectivity index (χ1n) is 7.31. The van der Waals surface area contributed by atoms with E-state index in [-0.39, 0.29) is 0 Å². The molecule has 1 atom stereocenters. The molecule has 6 nitrogen and oxygen atoms in total. The van der Waals surface area contributed by atoms with E-state index in [1.165, 1.54) is 0 Å². The summed E-state index contributed by atoms with van der Waals surface area (Å²) in [6.07, 6.45) is 7.38. The van der Waals surface area contributed by atoms with Crippen LogP contribution in [0, 0.1) is 0 Å². The summed E-state index contributed by atoms with van der Waals surface area (Å²) in [5, 5.41) is 7.79. The predicted octanol–water partition coefficient (Wildman–Crippen LogP) is 2.80. The van der Waals surface area contributed by atoms with Gasteiger partial charge in [0.1, 0.15) is 5.82 Å². The van der Waals surface area contributed by atoms with E-state index in [1.807, 2.05) is 6.07 Å². The van der Waals surface area contributed by atoms with Gasteiger partial charge in [0.2, 0.25) is 0 Å². The highest BCUT2D eigenvalue weighted by atomic mass is 79.9. The Kier molecular flexibility index (Phi) is 3.38. The summed E-state index contributed by atoms with van der Waals surface area (Å²) in [6, 6.07) is 1.90. The van der Waals surface area contributed by atoms with Crippen LogP contribution >= 0.6 is 15.9 Å². The number of nitrogens with two attached hydrogens (primary N) is 1. The lowest BCUT2D eigenvalue weighted by Gasteiger charge is -2.23. The summed E-state index contributed by atoms with van der Waals surface area (Å²) in [5.74, 6) is 0.947. The number of nitrogens with zero attached hydrogens (tertiary/aromatic N) is 3. The maximum absolute atomic E-state index is 6.26. The molecule has 1 unspecified atom stereocenters. The minimum atomic E-state index is 0.363. The number of nitrogen functional groups attached to an aromatic ring is 1. The zero-order valence-electron chi connectivity index (χ0n) is 11.9. The number of piperidine rings is 1. The van der Waals surface area contributed by atoms with E-state index in [2.05, 4.69) is 26.3 Å². The Bertz CT molecular complexity index is 805. The number of aromatic nitrogens is 3. The van der Waals surface area contributed by atoms with Crippen molar-refractivity contribution in [3.63, 3.8) is 0 Å². The Morgan fingerprint density at radius 3 is 3.09 bits per heavy atom. The molecule has 1 fully saturated rings. The number of nitrogens with one attached hydrogen (secondary N) is 1. The topological polar surface area (TPSA) is 81.4 Å². The third-order valence-corrected chi connectivity index (χ3v) is 4.98. The summed E-state index contributed by atoms with van der Waals surface area (Å²) in [6.45, 7) is 2.00. The summed E-state index contributed by atoms with van der Waals surface area (Å²) < 4.78 is 7.69. The molecular formula is C15H16BrN5O. The Labute approximate surface area is 135 Å². The summed E-state index contributed by atoms with van der Waals surface area (Å²) in [4.78, 5) is 4.87. The van der Waals surface area contributed by atoms with Crippen molar-refractivity contribution in [3.05, 3.63) is 35.0 Å². The fraction of sp³-hybridized carbons (Fsp3) is 0.333. The molecule has 22 heavy (non-hydrogen) atoms. The lowest BCUT2D eigenvalue weighted by molar-refractivity contribution is 0.453. The van der Waals surface area contributed by atoms with Crippen molar-refractivity contribution >= 4 is 27.4 Å². The van der Waals surface area contributed by atoms with Gasteiger partial charge in [0.05, 0.1) is 28.9 Å². The molecule has 3 aromatic rings. The maximum atomic E-state index is 6.26. The Morgan fingerprint density at radius 2 is 2.36 bits per heavy atom. The molecule has 0 bridgehead atoms. The predicted molar refractivity (Wildman–Crippen MR) is 87.6 cm³/mol. The van der Waals surface area contributed by atoms with Crippen molar-refractivity contribution < 1.29 is 4.42 Å². The molecule has 3 N–H and O–H groups in total. The Hall–Kier alpha value is -1.86. The molecule has 114 valence electrons. The van der Waals surface area contributed by atoms with Gasteiger partial charge in [-0.05, 0) is 41.4 Å². The summed E-state index contributed by atoms with van der Waals surface area (Å²) >= 11 is 3.60. The first kappa shape index (κ1) is 13.8. The number of fused-ring (bicyclic) bond motifs is 1. The van der Waals surface area contributed by atoms with E-state index in [4.69, 9.17) is 15.1 Å². The van der Waals surface area contributed by atoms with E-state index >= 15 is 0 Å². The first-order valence-corrected chi connectivity index (χ1v) is 8.11. The van der Waals surface area contributed by atoms with Crippen LogP contribution < -0.4 is 11.1 Å². The minimum absolute atomic E-state index is 0.363. The highest BCUT2D eigenvalue weighted by Crippen LogP contribution is 2.35. The van der Waals surface area contributed by atoms with E-state index in [9.17, 15) is 0 Å². The molecule has 0 spiro atoms. The van der Waals surface area contributed by atoms with Crippen LogP contribution in [0.1, 0.15) is 24.5 Å². The summed E-state index contributed by atoms with van der Waals surface area (Å²) in [5.41, 5.74) is 9.92. The first-order chi connectivity index (χ1) is 10.8. The number of hydrogen-bond donors (Lipinski definition) is 2. The number of furan rings is 1. The second-order valence-corrected chi connectivity index (χ2v) is 6.34. The van der Waals surface area contributed by atoms with E-state index < -0.39 is 0 Å². The molecule has 0 radical (unpaired) electrons. The number of rotatable bonds is 2. The average molecular weight is 362 g/mol. The zero-order chi connectivity index (χ0) is 15.1. The standard InChI is InChI=1S/C15H16BrN5O/c16-12-13(9-2-1-4-18-6-9)20-15-11(10-3-5-22-8-10)7-19-21(15)14(12)17/h3,5,7-9,18H,1-2,4,6,17H2. The normalized spacial score (nSPS) is 18.9. The van der Waals surface area contributed by atoms with E-state index in [0.717, 1.165) is 52.9 Å². The van der Waals surface area contributed by atoms with Crippen LogP contribution in [0.4, 0.5) is 5.82 Å². The van der Waals surface area contributed by atoms with Crippen LogP contribution in [0.5, 0.6) is 0 Å². The Balaban J connectivity index is 1.90. The highest BCUT2D eigenvalue weighted by molar-refractivity contribution is 9.10. The van der Waals surface area contributed by atoms with Gasteiger partial charge in [-0.25, -0.2) is 4.98 Å². The molecule has 1 aliphatic heterocycles. The Morgan fingerprint density at radius 1 is 1.45 bits per heavy atom. The molecule has 3 aromatic heterocycles. The second kappa shape index (κ2) is 5.40. The van der Waals surface area contributed by atoms with Crippen molar-refractivity contribution in [2.45, 2.75) is 18.8 Å². The number of halogens is 1. The quantitative estimate of drug-likeness (QED) is 0.733. The van der Waals surface area contributed by atoms with Gasteiger partial charge in [0.15, 0.2) is 5.65 Å². The van der Waals surface area contributed by atoms with Gasteiger partial charge in [-0.3, -0.25) is 0 Å². The minimum Gasteiger partial charge on any atom is -0.472 e. The lowest BCUT2D eigenvalue weighted by atomic mass is 9.96. The molecule has 0 aliphatic carbocycles. The average Bonchev–Trinajstić information content (AvgIpc) is 3.20. The molecule has 1 aliphatic rings. The van der Waals surface area contributed by atoms with Crippen LogP contribution in [0.15, 0.2) is 33.7 Å². The van der Waals surface area contributed by atoms with Crippen molar-refractivity contribution in [3.8, 4) is 11.1 Å². The molecule has 4 heterocycles. The van der Waals surface area contributed by atoms with Crippen molar-refractivity contribution in [1.29, 1.82) is 0 Å². The SMILES string of the molecule is Nc1c(Br)c(C2CCCNC2)nc2c(-c3ccoc3)cnn12. The fourth-order valence-electron chi connectivity index (χ4n) is 2.99. The van der Waals surface area contributed by atoms with Crippen LogP contribution in [-0.4, -0.2) is 27.7 Å². The molecule has 4 rings (SSSR count). The van der Waals surface area contributed by atoms with Gasteiger partial charge in [-0.1, -0.05) is 0 Å². The van der Waals surface area contributed by atoms with Gasteiger partial charge in [-0.15, -0.1) is 0 Å². The highest BCUT2D eigenvalue weighted by Gasteiger charge is 2.23. The molecular weight excluding hydrogens is 346 g/mol. The van der Waals surface area contributed by atoms with Gasteiger partial charge in [0, 0.05) is 23.6 Å². The number of anilines is 1. The second-order valence-electron chi connectivity index (χ2n) is 5.55. The largest absolute Gasteiger partial charge is 0.472 e.